The summed E-state index contributed by atoms with van der Waals surface area (Å²) < 4.78 is 0. The van der Waals surface area contributed by atoms with Crippen molar-refractivity contribution in [2.75, 3.05) is 11.4 Å². The molecule has 1 aromatic rings. The Morgan fingerprint density at radius 2 is 2.24 bits per heavy atom. The minimum atomic E-state index is -0.0522. The average Bonchev–Trinajstić information content (AvgIpc) is 2.66. The second-order valence-electron chi connectivity index (χ2n) is 4.73. The number of anilines is 1. The maximum atomic E-state index is 12.4. The molecule has 1 heterocycles. The van der Waals surface area contributed by atoms with Crippen molar-refractivity contribution in [1.29, 1.82) is 0 Å². The van der Waals surface area contributed by atoms with Gasteiger partial charge in [0.15, 0.2) is 0 Å². The fraction of sp³-hybridized carbons (Fsp3) is 0.500. The van der Waals surface area contributed by atoms with Crippen molar-refractivity contribution in [1.82, 2.24) is 0 Å². The topological polar surface area (TPSA) is 46.3 Å². The Kier molecular flexibility index (Phi) is 3.48. The Bertz CT molecular complexity index is 412. The van der Waals surface area contributed by atoms with Crippen LogP contribution in [0, 0.1) is 5.92 Å². The summed E-state index contributed by atoms with van der Waals surface area (Å²) in [6.07, 6.45) is 1.75. The lowest BCUT2D eigenvalue weighted by Gasteiger charge is -2.26. The molecule has 1 amide bonds. The van der Waals surface area contributed by atoms with E-state index in [1.165, 1.54) is 5.56 Å². The number of nitrogens with zero attached hydrogens (tertiary/aromatic N) is 1. The minimum Gasteiger partial charge on any atom is -0.330 e. The van der Waals surface area contributed by atoms with E-state index in [0.717, 1.165) is 18.5 Å². The maximum Gasteiger partial charge on any atom is 0.231 e. The maximum absolute atomic E-state index is 12.4. The first-order valence-electron chi connectivity index (χ1n) is 6.30. The lowest BCUT2D eigenvalue weighted by Crippen LogP contribution is -2.42. The van der Waals surface area contributed by atoms with E-state index in [0.29, 0.717) is 6.54 Å². The van der Waals surface area contributed by atoms with E-state index in [1.54, 1.807) is 0 Å². The van der Waals surface area contributed by atoms with Gasteiger partial charge in [0.2, 0.25) is 5.91 Å². The molecule has 1 aliphatic heterocycles. The summed E-state index contributed by atoms with van der Waals surface area (Å²) >= 11 is 0. The molecule has 0 bridgehead atoms. The van der Waals surface area contributed by atoms with E-state index < -0.39 is 0 Å². The molecule has 2 unspecified atom stereocenters. The van der Waals surface area contributed by atoms with Gasteiger partial charge in [-0.1, -0.05) is 25.1 Å². The molecule has 3 nitrogen and oxygen atoms in total. The van der Waals surface area contributed by atoms with Crippen LogP contribution in [-0.2, 0) is 11.2 Å². The van der Waals surface area contributed by atoms with Gasteiger partial charge >= 0.3 is 0 Å². The van der Waals surface area contributed by atoms with Gasteiger partial charge in [0, 0.05) is 18.3 Å². The Balaban J connectivity index is 2.30. The van der Waals surface area contributed by atoms with Crippen molar-refractivity contribution < 1.29 is 4.79 Å². The number of carbonyl (C=O) groups excluding carboxylic acids is 1. The minimum absolute atomic E-state index is 0.0522. The number of carbonyl (C=O) groups is 1. The molecular formula is C14H20N2O. The second kappa shape index (κ2) is 4.88. The van der Waals surface area contributed by atoms with Crippen LogP contribution in [-0.4, -0.2) is 18.5 Å². The second-order valence-corrected chi connectivity index (χ2v) is 4.73. The number of fused-ring (bicyclic) bond motifs is 1. The van der Waals surface area contributed by atoms with E-state index in [2.05, 4.69) is 13.0 Å². The normalized spacial score (nSPS) is 20.2. The van der Waals surface area contributed by atoms with Gasteiger partial charge in [0.25, 0.3) is 0 Å². The molecule has 92 valence electrons. The Morgan fingerprint density at radius 1 is 1.53 bits per heavy atom. The van der Waals surface area contributed by atoms with E-state index in [4.69, 9.17) is 5.73 Å². The molecule has 0 saturated carbocycles. The standard InChI is InChI=1S/C14H20N2O/c1-3-11(9-15)14(17)16-10(2)8-12-6-4-5-7-13(12)16/h4-7,10-11H,3,8-9,15H2,1-2H3. The molecule has 0 radical (unpaired) electrons. The Hall–Kier alpha value is -1.35. The molecule has 0 aromatic heterocycles. The zero-order valence-electron chi connectivity index (χ0n) is 10.5. The monoisotopic (exact) mass is 232 g/mol. The van der Waals surface area contributed by atoms with Gasteiger partial charge in [-0.3, -0.25) is 4.79 Å². The van der Waals surface area contributed by atoms with Crippen LogP contribution in [0.1, 0.15) is 25.8 Å². The van der Waals surface area contributed by atoms with Crippen LogP contribution >= 0.6 is 0 Å². The Morgan fingerprint density at radius 3 is 2.88 bits per heavy atom. The van der Waals surface area contributed by atoms with Gasteiger partial charge in [-0.15, -0.1) is 0 Å². The van der Waals surface area contributed by atoms with Crippen molar-refractivity contribution in [2.45, 2.75) is 32.7 Å². The number of amides is 1. The zero-order valence-corrected chi connectivity index (χ0v) is 10.5. The number of nitrogens with two attached hydrogens (primary N) is 1. The van der Waals surface area contributed by atoms with Crippen molar-refractivity contribution in [2.24, 2.45) is 11.7 Å². The van der Waals surface area contributed by atoms with Gasteiger partial charge in [-0.2, -0.15) is 0 Å². The molecule has 0 aliphatic carbocycles. The van der Waals surface area contributed by atoms with E-state index in [-0.39, 0.29) is 17.9 Å². The zero-order chi connectivity index (χ0) is 12.4. The highest BCUT2D eigenvalue weighted by Gasteiger charge is 2.33. The molecule has 17 heavy (non-hydrogen) atoms. The number of para-hydroxylation sites is 1. The highest BCUT2D eigenvalue weighted by Crippen LogP contribution is 2.33. The van der Waals surface area contributed by atoms with Gasteiger partial charge in [0.1, 0.15) is 0 Å². The predicted octanol–water partition coefficient (Wildman–Crippen LogP) is 1.95. The van der Waals surface area contributed by atoms with Crippen molar-refractivity contribution >= 4 is 11.6 Å². The highest BCUT2D eigenvalue weighted by atomic mass is 16.2. The predicted molar refractivity (Wildman–Crippen MR) is 69.9 cm³/mol. The summed E-state index contributed by atoms with van der Waals surface area (Å²) in [6.45, 7) is 4.55. The Labute approximate surface area is 103 Å². The summed E-state index contributed by atoms with van der Waals surface area (Å²) in [7, 11) is 0. The van der Waals surface area contributed by atoms with Crippen LogP contribution < -0.4 is 10.6 Å². The van der Waals surface area contributed by atoms with Crippen LogP contribution in [0.5, 0.6) is 0 Å². The first kappa shape index (κ1) is 12.1. The number of hydrogen-bond acceptors (Lipinski definition) is 2. The third-order valence-electron chi connectivity index (χ3n) is 3.57. The summed E-state index contributed by atoms with van der Waals surface area (Å²) in [4.78, 5) is 14.4. The SMILES string of the molecule is CCC(CN)C(=O)N1c2ccccc2CC1C. The number of hydrogen-bond donors (Lipinski definition) is 1. The third kappa shape index (κ3) is 2.07. The molecule has 0 saturated heterocycles. The molecule has 2 rings (SSSR count). The first-order valence-corrected chi connectivity index (χ1v) is 6.30. The molecule has 0 fully saturated rings. The number of rotatable bonds is 3. The van der Waals surface area contributed by atoms with E-state index in [9.17, 15) is 4.79 Å². The van der Waals surface area contributed by atoms with Crippen LogP contribution in [0.25, 0.3) is 0 Å². The molecular weight excluding hydrogens is 212 g/mol. The molecule has 2 atom stereocenters. The summed E-state index contributed by atoms with van der Waals surface area (Å²) in [5, 5.41) is 0. The first-order chi connectivity index (χ1) is 8.19. The fourth-order valence-corrected chi connectivity index (χ4v) is 2.54. The van der Waals surface area contributed by atoms with Gasteiger partial charge in [-0.05, 0) is 31.4 Å². The summed E-state index contributed by atoms with van der Waals surface area (Å²) in [6, 6.07) is 8.39. The molecule has 1 aliphatic rings. The smallest absolute Gasteiger partial charge is 0.231 e. The molecule has 0 spiro atoms. The molecule has 2 N–H and O–H groups in total. The van der Waals surface area contributed by atoms with Gasteiger partial charge in [0.05, 0.1) is 5.92 Å². The van der Waals surface area contributed by atoms with Crippen LogP contribution in [0.15, 0.2) is 24.3 Å². The van der Waals surface area contributed by atoms with Crippen LogP contribution in [0.3, 0.4) is 0 Å². The lowest BCUT2D eigenvalue weighted by molar-refractivity contribution is -0.122. The lowest BCUT2D eigenvalue weighted by atomic mass is 10.0. The quantitative estimate of drug-likeness (QED) is 0.865. The number of benzene rings is 1. The van der Waals surface area contributed by atoms with Crippen LogP contribution in [0.4, 0.5) is 5.69 Å². The van der Waals surface area contributed by atoms with Crippen LogP contribution in [0.2, 0.25) is 0 Å². The van der Waals surface area contributed by atoms with Gasteiger partial charge in [-0.25, -0.2) is 0 Å². The van der Waals surface area contributed by atoms with Gasteiger partial charge < -0.3 is 10.6 Å². The summed E-state index contributed by atoms with van der Waals surface area (Å²) in [5.41, 5.74) is 8.00. The van der Waals surface area contributed by atoms with E-state index >= 15 is 0 Å². The third-order valence-corrected chi connectivity index (χ3v) is 3.57. The molecule has 3 heteroatoms. The van der Waals surface area contributed by atoms with Crippen molar-refractivity contribution in [3.63, 3.8) is 0 Å². The highest BCUT2D eigenvalue weighted by molar-refractivity contribution is 5.97. The van der Waals surface area contributed by atoms with Crippen molar-refractivity contribution in [3.8, 4) is 0 Å². The van der Waals surface area contributed by atoms with Crippen molar-refractivity contribution in [3.05, 3.63) is 29.8 Å². The largest absolute Gasteiger partial charge is 0.330 e. The molecule has 1 aromatic carbocycles. The van der Waals surface area contributed by atoms with E-state index in [1.807, 2.05) is 30.0 Å². The summed E-state index contributed by atoms with van der Waals surface area (Å²) in [5.74, 6) is 0.121. The average molecular weight is 232 g/mol. The fourth-order valence-electron chi connectivity index (χ4n) is 2.54.